The Kier molecular flexibility index (Phi) is 2.12. The summed E-state index contributed by atoms with van der Waals surface area (Å²) in [7, 11) is 0. The number of aliphatic hydroxyl groups is 1. The Morgan fingerprint density at radius 2 is 2.23 bits per heavy atom. The summed E-state index contributed by atoms with van der Waals surface area (Å²) in [6, 6.07) is 0.469. The number of hydrogen-bond acceptors (Lipinski definition) is 2. The minimum atomic E-state index is -0.105. The van der Waals surface area contributed by atoms with Crippen molar-refractivity contribution in [2.24, 2.45) is 0 Å². The van der Waals surface area contributed by atoms with Gasteiger partial charge in [-0.3, -0.25) is 0 Å². The zero-order valence-electron chi connectivity index (χ0n) is 8.20. The molecule has 2 unspecified atom stereocenters. The highest BCUT2D eigenvalue weighted by Crippen LogP contribution is 2.31. The van der Waals surface area contributed by atoms with E-state index in [-0.39, 0.29) is 6.10 Å². The Labute approximate surface area is 78.4 Å². The van der Waals surface area contributed by atoms with Crippen LogP contribution in [0, 0.1) is 13.8 Å². The van der Waals surface area contributed by atoms with Crippen LogP contribution < -0.4 is 0 Å². The summed E-state index contributed by atoms with van der Waals surface area (Å²) in [4.78, 5) is 4.27. The van der Waals surface area contributed by atoms with E-state index in [4.69, 9.17) is 0 Å². The highest BCUT2D eigenvalue weighted by atomic mass is 16.3. The van der Waals surface area contributed by atoms with E-state index >= 15 is 0 Å². The summed E-state index contributed by atoms with van der Waals surface area (Å²) in [6.07, 6.45) is 4.69. The lowest BCUT2D eigenvalue weighted by atomic mass is 10.2. The molecule has 1 N–H and O–H groups in total. The molecule has 72 valence electrons. The standard InChI is InChI=1S/C10H16N2O/c1-7-8(2)12(6-11-7)9-3-4-10(13)5-9/h6,9-10,13H,3-5H2,1-2H3. The molecule has 1 aliphatic carbocycles. The Bertz CT molecular complexity index is 306. The highest BCUT2D eigenvalue weighted by Gasteiger charge is 2.25. The van der Waals surface area contributed by atoms with Crippen LogP contribution in [0.15, 0.2) is 6.33 Å². The van der Waals surface area contributed by atoms with Gasteiger partial charge < -0.3 is 9.67 Å². The fraction of sp³-hybridized carbons (Fsp3) is 0.700. The predicted octanol–water partition coefficient (Wildman–Crippen LogP) is 1.59. The van der Waals surface area contributed by atoms with Crippen LogP contribution in [0.2, 0.25) is 0 Å². The third-order valence-electron chi connectivity index (χ3n) is 3.06. The number of rotatable bonds is 1. The van der Waals surface area contributed by atoms with Gasteiger partial charge in [0.15, 0.2) is 0 Å². The van der Waals surface area contributed by atoms with Crippen LogP contribution in [0.4, 0.5) is 0 Å². The van der Waals surface area contributed by atoms with Gasteiger partial charge in [-0.2, -0.15) is 0 Å². The Morgan fingerprint density at radius 3 is 2.69 bits per heavy atom. The second kappa shape index (κ2) is 3.14. The number of aliphatic hydroxyl groups excluding tert-OH is 1. The number of imidazole rings is 1. The maximum absolute atomic E-state index is 9.42. The van der Waals surface area contributed by atoms with Gasteiger partial charge in [-0.15, -0.1) is 0 Å². The first-order valence-corrected chi connectivity index (χ1v) is 4.86. The molecule has 1 aromatic rings. The Hall–Kier alpha value is -0.830. The van der Waals surface area contributed by atoms with Crippen LogP contribution in [0.25, 0.3) is 0 Å². The molecule has 1 aliphatic rings. The lowest BCUT2D eigenvalue weighted by Crippen LogP contribution is -2.07. The van der Waals surface area contributed by atoms with Crippen molar-refractivity contribution in [2.75, 3.05) is 0 Å². The first kappa shape index (κ1) is 8.75. The van der Waals surface area contributed by atoms with E-state index in [2.05, 4.69) is 16.5 Å². The van der Waals surface area contributed by atoms with E-state index in [1.807, 2.05) is 13.3 Å². The van der Waals surface area contributed by atoms with Crippen molar-refractivity contribution in [2.45, 2.75) is 45.3 Å². The van der Waals surface area contributed by atoms with E-state index in [9.17, 15) is 5.11 Å². The molecule has 1 heterocycles. The van der Waals surface area contributed by atoms with Crippen molar-refractivity contribution in [1.82, 2.24) is 9.55 Å². The average Bonchev–Trinajstić information content (AvgIpc) is 2.62. The average molecular weight is 180 g/mol. The topological polar surface area (TPSA) is 38.0 Å². The van der Waals surface area contributed by atoms with E-state index in [0.717, 1.165) is 25.0 Å². The minimum Gasteiger partial charge on any atom is -0.393 e. The number of aromatic nitrogens is 2. The molecular formula is C10H16N2O. The van der Waals surface area contributed by atoms with Gasteiger partial charge in [-0.05, 0) is 33.1 Å². The van der Waals surface area contributed by atoms with Gasteiger partial charge in [-0.1, -0.05) is 0 Å². The minimum absolute atomic E-state index is 0.105. The van der Waals surface area contributed by atoms with Gasteiger partial charge in [0, 0.05) is 11.7 Å². The lowest BCUT2D eigenvalue weighted by molar-refractivity contribution is 0.178. The first-order chi connectivity index (χ1) is 6.18. The summed E-state index contributed by atoms with van der Waals surface area (Å²) >= 11 is 0. The lowest BCUT2D eigenvalue weighted by Gasteiger charge is -2.13. The van der Waals surface area contributed by atoms with Crippen molar-refractivity contribution in [3.05, 3.63) is 17.7 Å². The maximum Gasteiger partial charge on any atom is 0.0954 e. The molecule has 3 nitrogen and oxygen atoms in total. The molecule has 0 aromatic carbocycles. The molecule has 3 heteroatoms. The zero-order valence-corrected chi connectivity index (χ0v) is 8.20. The molecule has 0 radical (unpaired) electrons. The molecule has 0 bridgehead atoms. The molecule has 1 aromatic heterocycles. The first-order valence-electron chi connectivity index (χ1n) is 4.86. The molecular weight excluding hydrogens is 164 g/mol. The zero-order chi connectivity index (χ0) is 9.42. The largest absolute Gasteiger partial charge is 0.393 e. The van der Waals surface area contributed by atoms with Gasteiger partial charge in [0.1, 0.15) is 0 Å². The number of aryl methyl sites for hydroxylation is 1. The van der Waals surface area contributed by atoms with Crippen LogP contribution in [-0.2, 0) is 0 Å². The second-order valence-electron chi connectivity index (χ2n) is 3.94. The van der Waals surface area contributed by atoms with Crippen molar-refractivity contribution in [3.63, 3.8) is 0 Å². The quantitative estimate of drug-likeness (QED) is 0.712. The fourth-order valence-corrected chi connectivity index (χ4v) is 2.07. The molecule has 0 amide bonds. The molecule has 0 saturated heterocycles. The summed E-state index contributed by atoms with van der Waals surface area (Å²) in [5, 5.41) is 9.42. The summed E-state index contributed by atoms with van der Waals surface area (Å²) in [5.74, 6) is 0. The highest BCUT2D eigenvalue weighted by molar-refractivity contribution is 5.10. The predicted molar refractivity (Wildman–Crippen MR) is 50.6 cm³/mol. The van der Waals surface area contributed by atoms with Crippen LogP contribution in [0.1, 0.15) is 36.7 Å². The molecule has 0 spiro atoms. The van der Waals surface area contributed by atoms with Gasteiger partial charge in [0.25, 0.3) is 0 Å². The fourth-order valence-electron chi connectivity index (χ4n) is 2.07. The molecule has 1 fully saturated rings. The number of nitrogens with zero attached hydrogens (tertiary/aromatic N) is 2. The monoisotopic (exact) mass is 180 g/mol. The van der Waals surface area contributed by atoms with Gasteiger partial charge in [-0.25, -0.2) is 4.98 Å². The van der Waals surface area contributed by atoms with Crippen LogP contribution >= 0.6 is 0 Å². The molecule has 2 rings (SSSR count). The van der Waals surface area contributed by atoms with E-state index < -0.39 is 0 Å². The van der Waals surface area contributed by atoms with Crippen molar-refractivity contribution in [3.8, 4) is 0 Å². The van der Waals surface area contributed by atoms with Gasteiger partial charge >= 0.3 is 0 Å². The Balaban J connectivity index is 2.21. The summed E-state index contributed by atoms with van der Waals surface area (Å²) in [6.45, 7) is 4.12. The van der Waals surface area contributed by atoms with Crippen LogP contribution in [-0.4, -0.2) is 20.8 Å². The van der Waals surface area contributed by atoms with Gasteiger partial charge in [0.05, 0.1) is 18.1 Å². The van der Waals surface area contributed by atoms with Crippen LogP contribution in [0.3, 0.4) is 0 Å². The van der Waals surface area contributed by atoms with E-state index in [1.54, 1.807) is 0 Å². The van der Waals surface area contributed by atoms with Crippen molar-refractivity contribution < 1.29 is 5.11 Å². The molecule has 2 atom stereocenters. The number of hydrogen-bond donors (Lipinski definition) is 1. The van der Waals surface area contributed by atoms with Gasteiger partial charge in [0.2, 0.25) is 0 Å². The van der Waals surface area contributed by atoms with E-state index in [0.29, 0.717) is 6.04 Å². The van der Waals surface area contributed by atoms with Crippen LogP contribution in [0.5, 0.6) is 0 Å². The second-order valence-corrected chi connectivity index (χ2v) is 3.94. The maximum atomic E-state index is 9.42. The Morgan fingerprint density at radius 1 is 1.46 bits per heavy atom. The summed E-state index contributed by atoms with van der Waals surface area (Å²) < 4.78 is 2.20. The summed E-state index contributed by atoms with van der Waals surface area (Å²) in [5.41, 5.74) is 2.33. The SMILES string of the molecule is Cc1ncn(C2CCC(O)C2)c1C. The normalized spacial score (nSPS) is 28.2. The van der Waals surface area contributed by atoms with Crippen molar-refractivity contribution in [1.29, 1.82) is 0 Å². The molecule has 0 aliphatic heterocycles. The van der Waals surface area contributed by atoms with E-state index in [1.165, 1.54) is 5.69 Å². The molecule has 13 heavy (non-hydrogen) atoms. The third kappa shape index (κ3) is 1.48. The smallest absolute Gasteiger partial charge is 0.0954 e. The van der Waals surface area contributed by atoms with Crippen molar-refractivity contribution >= 4 is 0 Å². The molecule has 1 saturated carbocycles. The third-order valence-corrected chi connectivity index (χ3v) is 3.06.